The lowest BCUT2D eigenvalue weighted by atomic mass is 9.84. The normalized spacial score (nSPS) is 50.8. The number of hydrogen-bond acceptors (Lipinski definition) is 0. The number of fused-ring (bicyclic) bond motifs is 1. The van der Waals surface area contributed by atoms with E-state index in [1.165, 1.54) is 19.3 Å². The maximum atomic E-state index is 2.48. The molecule has 2 fully saturated rings. The van der Waals surface area contributed by atoms with E-state index >= 15 is 0 Å². The van der Waals surface area contributed by atoms with E-state index in [9.17, 15) is 0 Å². The van der Waals surface area contributed by atoms with Crippen molar-refractivity contribution < 1.29 is 0 Å². The van der Waals surface area contributed by atoms with Crippen molar-refractivity contribution >= 4 is 0 Å². The van der Waals surface area contributed by atoms with Crippen LogP contribution < -0.4 is 0 Å². The molecule has 0 heteroatoms. The standard InChI is InChI=1S/C12H22/c1-4-5-6-10-8(2)9(3)11-7-12(10)11/h8-12H,4-7H2,1-3H3. The molecule has 0 radical (unpaired) electrons. The molecule has 2 aliphatic rings. The highest BCUT2D eigenvalue weighted by molar-refractivity contribution is 5.03. The molecule has 2 saturated carbocycles. The highest BCUT2D eigenvalue weighted by atomic mass is 14.6. The molecule has 0 bridgehead atoms. The third-order valence-electron chi connectivity index (χ3n) is 4.51. The van der Waals surface area contributed by atoms with Crippen LogP contribution in [0.1, 0.15) is 46.5 Å². The minimum atomic E-state index is 1.03. The van der Waals surface area contributed by atoms with Gasteiger partial charge in [-0.1, -0.05) is 33.6 Å². The van der Waals surface area contributed by atoms with Crippen molar-refractivity contribution in [1.82, 2.24) is 0 Å². The van der Waals surface area contributed by atoms with Crippen LogP contribution in [0.4, 0.5) is 0 Å². The summed E-state index contributed by atoms with van der Waals surface area (Å²) in [5.74, 6) is 5.46. The molecule has 5 atom stereocenters. The van der Waals surface area contributed by atoms with Gasteiger partial charge in [0.05, 0.1) is 0 Å². The van der Waals surface area contributed by atoms with Gasteiger partial charge in [-0.15, -0.1) is 0 Å². The van der Waals surface area contributed by atoms with Crippen molar-refractivity contribution in [3.05, 3.63) is 0 Å². The molecule has 0 aromatic carbocycles. The van der Waals surface area contributed by atoms with Crippen LogP contribution in [0.2, 0.25) is 0 Å². The predicted molar refractivity (Wildman–Crippen MR) is 52.9 cm³/mol. The van der Waals surface area contributed by atoms with Gasteiger partial charge >= 0.3 is 0 Å². The van der Waals surface area contributed by atoms with Crippen molar-refractivity contribution in [2.75, 3.05) is 0 Å². The fraction of sp³-hybridized carbons (Fsp3) is 1.00. The van der Waals surface area contributed by atoms with Gasteiger partial charge < -0.3 is 0 Å². The lowest BCUT2D eigenvalue weighted by molar-refractivity contribution is 0.278. The SMILES string of the molecule is CCCCC1C(C)C(C)C2CC12. The maximum absolute atomic E-state index is 2.48. The summed E-state index contributed by atoms with van der Waals surface area (Å²) in [7, 11) is 0. The summed E-state index contributed by atoms with van der Waals surface area (Å²) in [6, 6.07) is 0. The summed E-state index contributed by atoms with van der Waals surface area (Å²) in [5, 5.41) is 0. The molecule has 0 N–H and O–H groups in total. The monoisotopic (exact) mass is 166 g/mol. The van der Waals surface area contributed by atoms with Gasteiger partial charge in [0.25, 0.3) is 0 Å². The second kappa shape index (κ2) is 3.05. The van der Waals surface area contributed by atoms with Gasteiger partial charge in [0.15, 0.2) is 0 Å². The summed E-state index contributed by atoms with van der Waals surface area (Å²) < 4.78 is 0. The molecule has 5 unspecified atom stereocenters. The van der Waals surface area contributed by atoms with Crippen LogP contribution in [0.25, 0.3) is 0 Å². The van der Waals surface area contributed by atoms with E-state index in [1.807, 2.05) is 0 Å². The van der Waals surface area contributed by atoms with Crippen LogP contribution in [0.15, 0.2) is 0 Å². The van der Waals surface area contributed by atoms with E-state index in [0.717, 1.165) is 29.6 Å². The Hall–Kier alpha value is 0. The summed E-state index contributed by atoms with van der Waals surface area (Å²) in [5.41, 5.74) is 0. The van der Waals surface area contributed by atoms with Crippen LogP contribution in [0.5, 0.6) is 0 Å². The summed E-state index contributed by atoms with van der Waals surface area (Å²) in [6.45, 7) is 7.27. The Labute approximate surface area is 76.7 Å². The van der Waals surface area contributed by atoms with Gasteiger partial charge in [0.1, 0.15) is 0 Å². The zero-order chi connectivity index (χ0) is 8.72. The van der Waals surface area contributed by atoms with Gasteiger partial charge in [0, 0.05) is 0 Å². The zero-order valence-corrected chi connectivity index (χ0v) is 8.72. The van der Waals surface area contributed by atoms with E-state index in [-0.39, 0.29) is 0 Å². The molecular weight excluding hydrogens is 144 g/mol. The van der Waals surface area contributed by atoms with Crippen molar-refractivity contribution in [2.45, 2.75) is 46.5 Å². The summed E-state index contributed by atoms with van der Waals surface area (Å²) in [6.07, 6.45) is 5.93. The van der Waals surface area contributed by atoms with Gasteiger partial charge in [0.2, 0.25) is 0 Å². The van der Waals surface area contributed by atoms with Gasteiger partial charge in [-0.2, -0.15) is 0 Å². The highest BCUT2D eigenvalue weighted by Crippen LogP contribution is 2.62. The maximum Gasteiger partial charge on any atom is -0.0349 e. The molecule has 0 aromatic rings. The minimum Gasteiger partial charge on any atom is -0.0654 e. The fourth-order valence-corrected chi connectivity index (χ4v) is 3.42. The lowest BCUT2D eigenvalue weighted by Gasteiger charge is -2.22. The van der Waals surface area contributed by atoms with Crippen LogP contribution in [-0.4, -0.2) is 0 Å². The molecule has 0 amide bonds. The molecule has 0 nitrogen and oxygen atoms in total. The predicted octanol–water partition coefficient (Wildman–Crippen LogP) is 3.71. The molecule has 0 spiro atoms. The molecule has 0 aromatic heterocycles. The first-order valence-corrected chi connectivity index (χ1v) is 5.75. The largest absolute Gasteiger partial charge is 0.0654 e. The smallest absolute Gasteiger partial charge is 0.0349 e. The Balaban J connectivity index is 1.89. The second-order valence-corrected chi connectivity index (χ2v) is 5.09. The van der Waals surface area contributed by atoms with E-state index in [2.05, 4.69) is 20.8 Å². The van der Waals surface area contributed by atoms with Gasteiger partial charge in [-0.25, -0.2) is 0 Å². The summed E-state index contributed by atoms with van der Waals surface area (Å²) >= 11 is 0. The van der Waals surface area contributed by atoms with E-state index < -0.39 is 0 Å². The highest BCUT2D eigenvalue weighted by Gasteiger charge is 2.55. The van der Waals surface area contributed by atoms with Gasteiger partial charge in [-0.3, -0.25) is 0 Å². The van der Waals surface area contributed by atoms with E-state index in [0.29, 0.717) is 0 Å². The zero-order valence-electron chi connectivity index (χ0n) is 8.72. The Morgan fingerprint density at radius 1 is 1.08 bits per heavy atom. The lowest BCUT2D eigenvalue weighted by Crippen LogP contribution is -2.14. The quantitative estimate of drug-likeness (QED) is 0.599. The van der Waals surface area contributed by atoms with Crippen molar-refractivity contribution in [2.24, 2.45) is 29.6 Å². The first kappa shape index (κ1) is 8.59. The molecule has 70 valence electrons. The fourth-order valence-electron chi connectivity index (χ4n) is 3.42. The number of unbranched alkanes of at least 4 members (excludes halogenated alkanes) is 1. The van der Waals surface area contributed by atoms with Crippen molar-refractivity contribution in [1.29, 1.82) is 0 Å². The van der Waals surface area contributed by atoms with Crippen LogP contribution in [0, 0.1) is 29.6 Å². The molecule has 2 rings (SSSR count). The average Bonchev–Trinajstić information content (AvgIpc) is 2.79. The average molecular weight is 166 g/mol. The Bertz CT molecular complexity index is 161. The van der Waals surface area contributed by atoms with Gasteiger partial charge in [-0.05, 0) is 42.4 Å². The third kappa shape index (κ3) is 1.20. The Morgan fingerprint density at radius 3 is 2.33 bits per heavy atom. The molecule has 2 aliphatic carbocycles. The minimum absolute atomic E-state index is 1.03. The number of rotatable bonds is 3. The van der Waals surface area contributed by atoms with Crippen LogP contribution in [0.3, 0.4) is 0 Å². The van der Waals surface area contributed by atoms with Crippen LogP contribution >= 0.6 is 0 Å². The summed E-state index contributed by atoms with van der Waals surface area (Å²) in [4.78, 5) is 0. The second-order valence-electron chi connectivity index (χ2n) is 5.09. The first-order chi connectivity index (χ1) is 5.75. The molecule has 0 heterocycles. The molecule has 0 aliphatic heterocycles. The Kier molecular flexibility index (Phi) is 2.18. The van der Waals surface area contributed by atoms with Crippen molar-refractivity contribution in [3.63, 3.8) is 0 Å². The third-order valence-corrected chi connectivity index (χ3v) is 4.51. The number of hydrogen-bond donors (Lipinski definition) is 0. The first-order valence-electron chi connectivity index (χ1n) is 5.75. The van der Waals surface area contributed by atoms with Crippen molar-refractivity contribution in [3.8, 4) is 0 Å². The Morgan fingerprint density at radius 2 is 1.83 bits per heavy atom. The van der Waals surface area contributed by atoms with Crippen LogP contribution in [-0.2, 0) is 0 Å². The topological polar surface area (TPSA) is 0 Å². The molecule has 0 saturated heterocycles. The molecular formula is C12H22. The van der Waals surface area contributed by atoms with E-state index in [4.69, 9.17) is 0 Å². The molecule has 12 heavy (non-hydrogen) atoms. The van der Waals surface area contributed by atoms with E-state index in [1.54, 1.807) is 6.42 Å².